The van der Waals surface area contributed by atoms with Gasteiger partial charge in [-0.05, 0) is 6.42 Å². The van der Waals surface area contributed by atoms with Gasteiger partial charge in [0, 0.05) is 14.2 Å². The van der Waals surface area contributed by atoms with Gasteiger partial charge in [0.2, 0.25) is 0 Å². The van der Waals surface area contributed by atoms with Gasteiger partial charge >= 0.3 is 7.60 Å². The van der Waals surface area contributed by atoms with E-state index in [0.717, 1.165) is 6.42 Å². The summed E-state index contributed by atoms with van der Waals surface area (Å²) >= 11 is 0. The fourth-order valence-corrected chi connectivity index (χ4v) is 2.24. The minimum atomic E-state index is -2.77. The summed E-state index contributed by atoms with van der Waals surface area (Å²) in [4.78, 5) is 0. The Hall–Kier alpha value is -0.110. The average molecular weight is 162 g/mol. The molecule has 0 aromatic rings. The highest BCUT2D eigenvalue weighted by Crippen LogP contribution is 2.55. The van der Waals surface area contributed by atoms with Crippen molar-refractivity contribution >= 4 is 7.60 Å². The fraction of sp³-hybridized carbons (Fsp3) is 0.667. The van der Waals surface area contributed by atoms with Crippen molar-refractivity contribution in [3.8, 4) is 0 Å². The summed E-state index contributed by atoms with van der Waals surface area (Å²) < 4.78 is 21.0. The van der Waals surface area contributed by atoms with Crippen molar-refractivity contribution in [3.63, 3.8) is 0 Å². The molecular formula is C6H11O3P. The van der Waals surface area contributed by atoms with Crippen molar-refractivity contribution in [2.45, 2.75) is 12.1 Å². The smallest absolute Gasteiger partial charge is 0.312 e. The van der Waals surface area contributed by atoms with E-state index in [1.807, 2.05) is 12.2 Å². The Labute approximate surface area is 60.6 Å². The molecular weight excluding hydrogens is 151 g/mol. The molecule has 0 aromatic heterocycles. The second-order valence-corrected chi connectivity index (χ2v) is 4.61. The third-order valence-corrected chi connectivity index (χ3v) is 3.86. The second-order valence-electron chi connectivity index (χ2n) is 2.14. The predicted molar refractivity (Wildman–Crippen MR) is 39.2 cm³/mol. The van der Waals surface area contributed by atoms with E-state index >= 15 is 0 Å². The van der Waals surface area contributed by atoms with Crippen LogP contribution in [0, 0.1) is 0 Å². The van der Waals surface area contributed by atoms with Crippen molar-refractivity contribution in [2.24, 2.45) is 0 Å². The molecule has 0 fully saturated rings. The Balaban J connectivity index is 2.64. The number of hydrogen-bond acceptors (Lipinski definition) is 3. The van der Waals surface area contributed by atoms with Crippen LogP contribution in [0.15, 0.2) is 12.2 Å². The molecule has 10 heavy (non-hydrogen) atoms. The zero-order valence-electron chi connectivity index (χ0n) is 6.11. The van der Waals surface area contributed by atoms with E-state index in [1.54, 1.807) is 0 Å². The van der Waals surface area contributed by atoms with Gasteiger partial charge in [0.05, 0.1) is 5.66 Å². The molecule has 1 atom stereocenters. The Morgan fingerprint density at radius 1 is 1.50 bits per heavy atom. The van der Waals surface area contributed by atoms with Crippen molar-refractivity contribution in [1.29, 1.82) is 0 Å². The van der Waals surface area contributed by atoms with Gasteiger partial charge in [0.25, 0.3) is 0 Å². The van der Waals surface area contributed by atoms with E-state index in [0.29, 0.717) is 0 Å². The molecule has 0 N–H and O–H groups in total. The Morgan fingerprint density at radius 2 is 2.00 bits per heavy atom. The van der Waals surface area contributed by atoms with Crippen LogP contribution < -0.4 is 0 Å². The predicted octanol–water partition coefficient (Wildman–Crippen LogP) is 1.80. The SMILES string of the molecule is COP(=O)(OC)C1C=CC1. The van der Waals surface area contributed by atoms with E-state index in [1.165, 1.54) is 14.2 Å². The minimum absolute atomic E-state index is 0.0116. The molecule has 0 aromatic carbocycles. The maximum Gasteiger partial charge on any atom is 0.337 e. The summed E-state index contributed by atoms with van der Waals surface area (Å²) in [5, 5.41) is 0. The van der Waals surface area contributed by atoms with Crippen LogP contribution in [-0.2, 0) is 13.6 Å². The molecule has 0 saturated heterocycles. The fourth-order valence-electron chi connectivity index (χ4n) is 0.838. The maximum atomic E-state index is 11.4. The summed E-state index contributed by atoms with van der Waals surface area (Å²) in [5.41, 5.74) is -0.0116. The highest BCUT2D eigenvalue weighted by atomic mass is 31.2. The van der Waals surface area contributed by atoms with Gasteiger partial charge in [-0.3, -0.25) is 4.57 Å². The van der Waals surface area contributed by atoms with Crippen LogP contribution in [0.1, 0.15) is 6.42 Å². The van der Waals surface area contributed by atoms with Crippen LogP contribution >= 0.6 is 7.60 Å². The lowest BCUT2D eigenvalue weighted by molar-refractivity contribution is 0.268. The monoisotopic (exact) mass is 162 g/mol. The van der Waals surface area contributed by atoms with Gasteiger partial charge in [-0.25, -0.2) is 0 Å². The quantitative estimate of drug-likeness (QED) is 0.469. The molecule has 0 spiro atoms. The van der Waals surface area contributed by atoms with Crippen LogP contribution in [0.5, 0.6) is 0 Å². The van der Waals surface area contributed by atoms with Gasteiger partial charge < -0.3 is 9.05 Å². The van der Waals surface area contributed by atoms with Gasteiger partial charge in [-0.15, -0.1) is 0 Å². The number of allylic oxidation sites excluding steroid dienone is 2. The Bertz CT molecular complexity index is 179. The highest BCUT2D eigenvalue weighted by molar-refractivity contribution is 7.54. The first-order chi connectivity index (χ1) is 4.73. The first-order valence-electron chi connectivity index (χ1n) is 3.11. The largest absolute Gasteiger partial charge is 0.337 e. The zero-order valence-corrected chi connectivity index (χ0v) is 7.01. The normalized spacial score (nSPS) is 24.4. The van der Waals surface area contributed by atoms with Crippen molar-refractivity contribution in [3.05, 3.63) is 12.2 Å². The van der Waals surface area contributed by atoms with Gasteiger partial charge in [-0.1, -0.05) is 12.2 Å². The molecule has 4 heteroatoms. The standard InChI is InChI=1S/C6H11O3P/c1-8-10(7,9-2)6-4-3-5-6/h3-4,6H,5H2,1-2H3. The molecule has 0 bridgehead atoms. The summed E-state index contributed by atoms with van der Waals surface area (Å²) in [6.45, 7) is 0. The van der Waals surface area contributed by atoms with Gasteiger partial charge in [0.1, 0.15) is 0 Å². The minimum Gasteiger partial charge on any atom is -0.312 e. The van der Waals surface area contributed by atoms with Gasteiger partial charge in [0.15, 0.2) is 0 Å². The van der Waals surface area contributed by atoms with Crippen molar-refractivity contribution in [2.75, 3.05) is 14.2 Å². The molecule has 1 unspecified atom stereocenters. The second kappa shape index (κ2) is 2.87. The maximum absolute atomic E-state index is 11.4. The lowest BCUT2D eigenvalue weighted by atomic mass is 10.1. The molecule has 0 radical (unpaired) electrons. The molecule has 0 heterocycles. The number of hydrogen-bond donors (Lipinski definition) is 0. The average Bonchev–Trinajstić information content (AvgIpc) is 1.84. The summed E-state index contributed by atoms with van der Waals surface area (Å²) in [5.74, 6) is 0. The highest BCUT2D eigenvalue weighted by Gasteiger charge is 2.34. The molecule has 0 aliphatic heterocycles. The molecule has 1 aliphatic rings. The van der Waals surface area contributed by atoms with Crippen molar-refractivity contribution in [1.82, 2.24) is 0 Å². The van der Waals surface area contributed by atoms with Gasteiger partial charge in [-0.2, -0.15) is 0 Å². The molecule has 3 nitrogen and oxygen atoms in total. The Kier molecular flexibility index (Phi) is 2.29. The first-order valence-corrected chi connectivity index (χ1v) is 4.72. The number of rotatable bonds is 3. The molecule has 58 valence electrons. The van der Waals surface area contributed by atoms with Crippen LogP contribution in [0.25, 0.3) is 0 Å². The Morgan fingerprint density at radius 3 is 2.10 bits per heavy atom. The zero-order chi connectivity index (χ0) is 7.61. The third-order valence-electron chi connectivity index (χ3n) is 1.65. The van der Waals surface area contributed by atoms with E-state index in [9.17, 15) is 4.57 Å². The van der Waals surface area contributed by atoms with E-state index in [4.69, 9.17) is 9.05 Å². The van der Waals surface area contributed by atoms with E-state index < -0.39 is 7.60 Å². The summed E-state index contributed by atoms with van der Waals surface area (Å²) in [6.07, 6.45) is 4.61. The van der Waals surface area contributed by atoms with Crippen LogP contribution in [0.4, 0.5) is 0 Å². The molecule has 0 amide bonds. The first kappa shape index (κ1) is 7.99. The summed E-state index contributed by atoms with van der Waals surface area (Å²) in [6, 6.07) is 0. The van der Waals surface area contributed by atoms with Crippen LogP contribution in [-0.4, -0.2) is 19.9 Å². The molecule has 1 aliphatic carbocycles. The van der Waals surface area contributed by atoms with Crippen molar-refractivity contribution < 1.29 is 13.6 Å². The van der Waals surface area contributed by atoms with E-state index in [2.05, 4.69) is 0 Å². The van der Waals surface area contributed by atoms with Crippen LogP contribution in [0.2, 0.25) is 0 Å². The lowest BCUT2D eigenvalue weighted by Crippen LogP contribution is -2.13. The third kappa shape index (κ3) is 1.17. The van der Waals surface area contributed by atoms with E-state index in [-0.39, 0.29) is 5.66 Å². The lowest BCUT2D eigenvalue weighted by Gasteiger charge is -2.24. The summed E-state index contributed by atoms with van der Waals surface area (Å²) in [7, 11) is 0.0541. The topological polar surface area (TPSA) is 35.5 Å². The molecule has 0 saturated carbocycles. The molecule has 1 rings (SSSR count). The van der Waals surface area contributed by atoms with Crippen LogP contribution in [0.3, 0.4) is 0 Å².